The summed E-state index contributed by atoms with van der Waals surface area (Å²) in [5, 5.41) is 11.5. The number of amides is 2. The van der Waals surface area contributed by atoms with Crippen LogP contribution in [0.2, 0.25) is 0 Å². The van der Waals surface area contributed by atoms with Crippen LogP contribution in [-0.4, -0.2) is 41.1 Å². The van der Waals surface area contributed by atoms with E-state index in [1.807, 2.05) is 13.8 Å². The smallest absolute Gasteiger partial charge is 0.317 e. The van der Waals surface area contributed by atoms with Crippen molar-refractivity contribution in [2.75, 3.05) is 13.1 Å². The Balaban J connectivity index is 4.26. The van der Waals surface area contributed by atoms with E-state index >= 15 is 0 Å². The van der Waals surface area contributed by atoms with E-state index in [0.717, 1.165) is 0 Å². The van der Waals surface area contributed by atoms with Gasteiger partial charge in [-0.15, -0.1) is 0 Å². The summed E-state index contributed by atoms with van der Waals surface area (Å²) in [6.45, 7) is 10.9. The molecule has 0 aromatic heterocycles. The number of hydrogen-bond donors (Lipinski definition) is 2. The quantitative estimate of drug-likeness (QED) is 0.735. The summed E-state index contributed by atoms with van der Waals surface area (Å²) < 4.78 is 0. The molecule has 0 fully saturated rings. The molecule has 0 radical (unpaired) electrons. The fourth-order valence-corrected chi connectivity index (χ4v) is 1.40. The standard InChI is InChI=1S/C13H26N2O3/c1-9(2)11(5)8-14-13(18)15(10(3)4)7-6-12(16)17/h9-11H,6-8H2,1-5H3,(H,14,18)(H,16,17). The average Bonchev–Trinajstić information content (AvgIpc) is 2.24. The van der Waals surface area contributed by atoms with Crippen molar-refractivity contribution >= 4 is 12.0 Å². The van der Waals surface area contributed by atoms with Gasteiger partial charge in [0.15, 0.2) is 0 Å². The molecule has 0 aromatic carbocycles. The van der Waals surface area contributed by atoms with Gasteiger partial charge in [0, 0.05) is 19.1 Å². The van der Waals surface area contributed by atoms with Gasteiger partial charge in [0.2, 0.25) is 0 Å². The Morgan fingerprint density at radius 1 is 1.17 bits per heavy atom. The molecule has 2 N–H and O–H groups in total. The van der Waals surface area contributed by atoms with Crippen molar-refractivity contribution in [3.05, 3.63) is 0 Å². The lowest BCUT2D eigenvalue weighted by molar-refractivity contribution is -0.137. The average molecular weight is 258 g/mol. The summed E-state index contributed by atoms with van der Waals surface area (Å²) in [5.41, 5.74) is 0. The van der Waals surface area contributed by atoms with Crippen LogP contribution < -0.4 is 5.32 Å². The molecular weight excluding hydrogens is 232 g/mol. The highest BCUT2D eigenvalue weighted by Crippen LogP contribution is 2.08. The number of carbonyl (C=O) groups excluding carboxylic acids is 1. The van der Waals surface area contributed by atoms with Gasteiger partial charge in [-0.2, -0.15) is 0 Å². The second kappa shape index (κ2) is 7.95. The maximum absolute atomic E-state index is 11.9. The largest absolute Gasteiger partial charge is 0.481 e. The van der Waals surface area contributed by atoms with Crippen molar-refractivity contribution in [1.82, 2.24) is 10.2 Å². The third-order valence-corrected chi connectivity index (χ3v) is 3.16. The normalized spacial score (nSPS) is 12.6. The van der Waals surface area contributed by atoms with Crippen molar-refractivity contribution in [3.63, 3.8) is 0 Å². The van der Waals surface area contributed by atoms with Crippen molar-refractivity contribution in [2.24, 2.45) is 11.8 Å². The molecule has 0 heterocycles. The second-order valence-corrected chi connectivity index (χ2v) is 5.34. The predicted molar refractivity (Wildman–Crippen MR) is 71.5 cm³/mol. The summed E-state index contributed by atoms with van der Waals surface area (Å²) in [4.78, 5) is 24.0. The molecule has 0 aliphatic carbocycles. The van der Waals surface area contributed by atoms with E-state index in [0.29, 0.717) is 18.4 Å². The molecule has 18 heavy (non-hydrogen) atoms. The first-order chi connectivity index (χ1) is 8.25. The first-order valence-corrected chi connectivity index (χ1v) is 6.52. The van der Waals surface area contributed by atoms with E-state index in [4.69, 9.17) is 5.11 Å². The zero-order chi connectivity index (χ0) is 14.3. The van der Waals surface area contributed by atoms with E-state index in [-0.39, 0.29) is 25.0 Å². The predicted octanol–water partition coefficient (Wildman–Crippen LogP) is 2.17. The van der Waals surface area contributed by atoms with Crippen molar-refractivity contribution in [1.29, 1.82) is 0 Å². The van der Waals surface area contributed by atoms with Crippen LogP contribution in [-0.2, 0) is 4.79 Å². The zero-order valence-corrected chi connectivity index (χ0v) is 12.1. The summed E-state index contributed by atoms with van der Waals surface area (Å²) in [6.07, 6.45) is -0.0225. The van der Waals surface area contributed by atoms with Gasteiger partial charge in [0.1, 0.15) is 0 Å². The fraction of sp³-hybridized carbons (Fsp3) is 0.846. The minimum atomic E-state index is -0.885. The summed E-state index contributed by atoms with van der Waals surface area (Å²) >= 11 is 0. The van der Waals surface area contributed by atoms with Crippen LogP contribution in [0.1, 0.15) is 41.0 Å². The van der Waals surface area contributed by atoms with Crippen molar-refractivity contribution in [2.45, 2.75) is 47.1 Å². The minimum Gasteiger partial charge on any atom is -0.481 e. The van der Waals surface area contributed by atoms with Crippen LogP contribution >= 0.6 is 0 Å². The molecule has 0 aromatic rings. The molecule has 0 aliphatic rings. The second-order valence-electron chi connectivity index (χ2n) is 5.34. The Morgan fingerprint density at radius 2 is 1.72 bits per heavy atom. The number of hydrogen-bond acceptors (Lipinski definition) is 2. The Morgan fingerprint density at radius 3 is 2.11 bits per heavy atom. The van der Waals surface area contributed by atoms with Crippen LogP contribution in [0.25, 0.3) is 0 Å². The monoisotopic (exact) mass is 258 g/mol. The molecule has 5 nitrogen and oxygen atoms in total. The number of aliphatic carboxylic acids is 1. The van der Waals surface area contributed by atoms with Crippen LogP contribution in [0.4, 0.5) is 4.79 Å². The number of nitrogens with zero attached hydrogens (tertiary/aromatic N) is 1. The highest BCUT2D eigenvalue weighted by Gasteiger charge is 2.18. The number of urea groups is 1. The lowest BCUT2D eigenvalue weighted by Gasteiger charge is -2.27. The van der Waals surface area contributed by atoms with Crippen LogP contribution in [0.5, 0.6) is 0 Å². The summed E-state index contributed by atoms with van der Waals surface area (Å²) in [6, 6.07) is -0.183. The van der Waals surface area contributed by atoms with E-state index in [9.17, 15) is 9.59 Å². The number of nitrogens with one attached hydrogen (secondary N) is 1. The van der Waals surface area contributed by atoms with Gasteiger partial charge in [-0.3, -0.25) is 4.79 Å². The van der Waals surface area contributed by atoms with Gasteiger partial charge in [-0.05, 0) is 25.7 Å². The molecular formula is C13H26N2O3. The Labute approximate surface area is 110 Å². The summed E-state index contributed by atoms with van der Waals surface area (Å²) in [5.74, 6) is 0.0308. The van der Waals surface area contributed by atoms with Gasteiger partial charge >= 0.3 is 12.0 Å². The molecule has 1 unspecified atom stereocenters. The zero-order valence-electron chi connectivity index (χ0n) is 12.1. The highest BCUT2D eigenvalue weighted by molar-refractivity contribution is 5.75. The van der Waals surface area contributed by atoms with Crippen molar-refractivity contribution < 1.29 is 14.7 Å². The van der Waals surface area contributed by atoms with E-state index in [1.165, 1.54) is 0 Å². The third-order valence-electron chi connectivity index (χ3n) is 3.16. The molecule has 5 heteroatoms. The van der Waals surface area contributed by atoms with E-state index < -0.39 is 5.97 Å². The lowest BCUT2D eigenvalue weighted by atomic mass is 9.98. The number of carboxylic acid groups (broad SMARTS) is 1. The van der Waals surface area contributed by atoms with Crippen LogP contribution in [0, 0.1) is 11.8 Å². The number of carbonyl (C=O) groups is 2. The molecule has 0 rings (SSSR count). The van der Waals surface area contributed by atoms with E-state index in [2.05, 4.69) is 26.1 Å². The SMILES string of the molecule is CC(C)C(C)CNC(=O)N(CCC(=O)O)C(C)C. The van der Waals surface area contributed by atoms with Crippen molar-refractivity contribution in [3.8, 4) is 0 Å². The van der Waals surface area contributed by atoms with E-state index in [1.54, 1.807) is 4.90 Å². The Hall–Kier alpha value is -1.26. The maximum atomic E-state index is 11.9. The molecule has 0 saturated heterocycles. The van der Waals surface area contributed by atoms with Gasteiger partial charge in [0.05, 0.1) is 6.42 Å². The van der Waals surface area contributed by atoms with Crippen LogP contribution in [0.15, 0.2) is 0 Å². The molecule has 0 bridgehead atoms. The number of rotatable bonds is 7. The molecule has 106 valence electrons. The number of carboxylic acids is 1. The molecule has 0 aliphatic heterocycles. The molecule has 0 spiro atoms. The lowest BCUT2D eigenvalue weighted by Crippen LogP contribution is -2.46. The van der Waals surface area contributed by atoms with Gasteiger partial charge in [-0.25, -0.2) is 4.79 Å². The molecule has 2 amide bonds. The topological polar surface area (TPSA) is 69.6 Å². The van der Waals surface area contributed by atoms with Gasteiger partial charge in [-0.1, -0.05) is 20.8 Å². The fourth-order valence-electron chi connectivity index (χ4n) is 1.40. The Bertz CT molecular complexity index is 277. The van der Waals surface area contributed by atoms with Gasteiger partial charge < -0.3 is 15.3 Å². The Kier molecular flexibility index (Phi) is 7.39. The van der Waals surface area contributed by atoms with Crippen LogP contribution in [0.3, 0.4) is 0 Å². The third kappa shape index (κ3) is 6.47. The summed E-state index contributed by atoms with van der Waals surface area (Å²) in [7, 11) is 0. The first kappa shape index (κ1) is 16.7. The first-order valence-electron chi connectivity index (χ1n) is 6.52. The maximum Gasteiger partial charge on any atom is 0.317 e. The molecule has 0 saturated carbocycles. The molecule has 1 atom stereocenters. The minimum absolute atomic E-state index is 0.00120. The highest BCUT2D eigenvalue weighted by atomic mass is 16.4. The van der Waals surface area contributed by atoms with Gasteiger partial charge in [0.25, 0.3) is 0 Å².